The van der Waals surface area contributed by atoms with Crippen LogP contribution < -0.4 is 5.32 Å². The Kier molecular flexibility index (Phi) is 4.81. The maximum Gasteiger partial charge on any atom is 0.218 e. The third-order valence-corrected chi connectivity index (χ3v) is 5.11. The fraction of sp³-hybridized carbons (Fsp3) is 0.467. The van der Waals surface area contributed by atoms with Gasteiger partial charge in [-0.1, -0.05) is 30.2 Å². The van der Waals surface area contributed by atoms with Gasteiger partial charge in [0.25, 0.3) is 0 Å². The smallest absolute Gasteiger partial charge is 0.218 e. The van der Waals surface area contributed by atoms with Crippen LogP contribution in [-0.4, -0.2) is 32.4 Å². The standard InChI is InChI=1S/C15H20N2O2S/c1-3-10-17(2)20(18,19)12-14-6-4-13(5-7-14)11-16-15-8-9-15/h1,4-7,15-16H,8-12H2,2H3. The molecule has 4 nitrogen and oxygen atoms in total. The molecule has 0 bridgehead atoms. The lowest BCUT2D eigenvalue weighted by molar-refractivity contribution is 0.502. The lowest BCUT2D eigenvalue weighted by atomic mass is 10.1. The van der Waals surface area contributed by atoms with Crippen LogP contribution in [0, 0.1) is 12.3 Å². The van der Waals surface area contributed by atoms with Crippen LogP contribution in [0.4, 0.5) is 0 Å². The summed E-state index contributed by atoms with van der Waals surface area (Å²) >= 11 is 0. The van der Waals surface area contributed by atoms with Crippen LogP contribution in [0.5, 0.6) is 0 Å². The van der Waals surface area contributed by atoms with Gasteiger partial charge in [0.15, 0.2) is 0 Å². The number of hydrogen-bond acceptors (Lipinski definition) is 3. The molecule has 108 valence electrons. The average Bonchev–Trinajstić information content (AvgIpc) is 3.22. The average molecular weight is 292 g/mol. The van der Waals surface area contributed by atoms with Crippen molar-refractivity contribution in [3.05, 3.63) is 35.4 Å². The van der Waals surface area contributed by atoms with E-state index >= 15 is 0 Å². The van der Waals surface area contributed by atoms with Gasteiger partial charge in [0.05, 0.1) is 12.3 Å². The molecule has 0 aromatic heterocycles. The molecule has 5 heteroatoms. The Balaban J connectivity index is 1.93. The largest absolute Gasteiger partial charge is 0.310 e. The second kappa shape index (κ2) is 6.40. The molecule has 0 spiro atoms. The van der Waals surface area contributed by atoms with E-state index in [4.69, 9.17) is 6.42 Å². The molecule has 0 saturated heterocycles. The third-order valence-electron chi connectivity index (χ3n) is 3.33. The molecule has 1 fully saturated rings. The Hall–Kier alpha value is -1.35. The van der Waals surface area contributed by atoms with E-state index in [0.717, 1.165) is 12.1 Å². The van der Waals surface area contributed by atoms with Crippen molar-refractivity contribution in [3.63, 3.8) is 0 Å². The number of rotatable bonds is 7. The molecule has 20 heavy (non-hydrogen) atoms. The van der Waals surface area contributed by atoms with Gasteiger partial charge in [-0.25, -0.2) is 8.42 Å². The van der Waals surface area contributed by atoms with Crippen LogP contribution in [0.2, 0.25) is 0 Å². The molecular formula is C15H20N2O2S. The van der Waals surface area contributed by atoms with E-state index in [9.17, 15) is 8.42 Å². The van der Waals surface area contributed by atoms with E-state index in [-0.39, 0.29) is 12.3 Å². The molecule has 0 heterocycles. The van der Waals surface area contributed by atoms with Gasteiger partial charge < -0.3 is 5.32 Å². The Morgan fingerprint density at radius 1 is 1.30 bits per heavy atom. The number of nitrogens with one attached hydrogen (secondary N) is 1. The monoisotopic (exact) mass is 292 g/mol. The van der Waals surface area contributed by atoms with Crippen LogP contribution in [0.25, 0.3) is 0 Å². The first-order valence-corrected chi connectivity index (χ1v) is 8.31. The normalized spacial score (nSPS) is 15.2. The summed E-state index contributed by atoms with van der Waals surface area (Å²) in [6, 6.07) is 8.35. The predicted molar refractivity (Wildman–Crippen MR) is 80.4 cm³/mol. The summed E-state index contributed by atoms with van der Waals surface area (Å²) in [4.78, 5) is 0. The lowest BCUT2D eigenvalue weighted by Crippen LogP contribution is -2.28. The molecule has 0 atom stereocenters. The minimum absolute atomic E-state index is 0.0124. The quantitative estimate of drug-likeness (QED) is 0.772. The van der Waals surface area contributed by atoms with E-state index < -0.39 is 10.0 Å². The third kappa shape index (κ3) is 4.34. The van der Waals surface area contributed by atoms with Gasteiger partial charge in [-0.2, -0.15) is 4.31 Å². The minimum Gasteiger partial charge on any atom is -0.310 e. The highest BCUT2D eigenvalue weighted by atomic mass is 32.2. The zero-order valence-electron chi connectivity index (χ0n) is 11.7. The molecule has 0 amide bonds. The molecule has 0 radical (unpaired) electrons. The van der Waals surface area contributed by atoms with Crippen LogP contribution >= 0.6 is 0 Å². The van der Waals surface area contributed by atoms with E-state index in [1.54, 1.807) is 0 Å². The number of hydrogen-bond donors (Lipinski definition) is 1. The molecular weight excluding hydrogens is 272 g/mol. The zero-order valence-corrected chi connectivity index (χ0v) is 12.5. The molecule has 1 aliphatic carbocycles. The highest BCUT2D eigenvalue weighted by molar-refractivity contribution is 7.88. The van der Waals surface area contributed by atoms with Gasteiger partial charge in [0.2, 0.25) is 10.0 Å². The lowest BCUT2D eigenvalue weighted by Gasteiger charge is -2.14. The van der Waals surface area contributed by atoms with Gasteiger partial charge in [-0.3, -0.25) is 0 Å². The van der Waals surface area contributed by atoms with Crippen LogP contribution in [0.3, 0.4) is 0 Å². The molecule has 1 N–H and O–H groups in total. The van der Waals surface area contributed by atoms with Crippen molar-refractivity contribution in [2.24, 2.45) is 0 Å². The Labute approximate surface area is 121 Å². The van der Waals surface area contributed by atoms with Crippen molar-refractivity contribution >= 4 is 10.0 Å². The number of benzene rings is 1. The number of terminal acetylenes is 1. The van der Waals surface area contributed by atoms with Crippen LogP contribution in [0.15, 0.2) is 24.3 Å². The van der Waals surface area contributed by atoms with Crippen molar-refractivity contribution in [3.8, 4) is 12.3 Å². The second-order valence-electron chi connectivity index (χ2n) is 5.19. The van der Waals surface area contributed by atoms with Crippen molar-refractivity contribution in [1.82, 2.24) is 9.62 Å². The summed E-state index contributed by atoms with van der Waals surface area (Å²) < 4.78 is 25.2. The van der Waals surface area contributed by atoms with Crippen LogP contribution in [-0.2, 0) is 22.3 Å². The van der Waals surface area contributed by atoms with E-state index in [1.807, 2.05) is 24.3 Å². The van der Waals surface area contributed by atoms with Gasteiger partial charge in [0.1, 0.15) is 0 Å². The molecule has 0 aliphatic heterocycles. The van der Waals surface area contributed by atoms with Gasteiger partial charge in [-0.05, 0) is 24.0 Å². The SMILES string of the molecule is C#CCN(C)S(=O)(=O)Cc1ccc(CNC2CC2)cc1. The topological polar surface area (TPSA) is 49.4 Å². The van der Waals surface area contributed by atoms with E-state index in [2.05, 4.69) is 11.2 Å². The van der Waals surface area contributed by atoms with Crippen molar-refractivity contribution in [2.75, 3.05) is 13.6 Å². The predicted octanol–water partition coefficient (Wildman–Crippen LogP) is 1.33. The Morgan fingerprint density at radius 2 is 1.90 bits per heavy atom. The summed E-state index contributed by atoms with van der Waals surface area (Å²) in [5.41, 5.74) is 1.96. The van der Waals surface area contributed by atoms with Gasteiger partial charge in [-0.15, -0.1) is 6.42 Å². The first kappa shape index (κ1) is 15.0. The van der Waals surface area contributed by atoms with Crippen LogP contribution in [0.1, 0.15) is 24.0 Å². The molecule has 1 aliphatic rings. The summed E-state index contributed by atoms with van der Waals surface area (Å²) in [5, 5.41) is 3.43. The Bertz CT molecular complexity index is 583. The molecule has 0 unspecified atom stereocenters. The minimum atomic E-state index is -3.33. The second-order valence-corrected chi connectivity index (χ2v) is 7.26. The maximum atomic E-state index is 12.0. The fourth-order valence-electron chi connectivity index (χ4n) is 1.85. The molecule has 2 rings (SSSR count). The molecule has 1 aromatic carbocycles. The molecule has 1 saturated carbocycles. The number of nitrogens with zero attached hydrogens (tertiary/aromatic N) is 1. The number of sulfonamides is 1. The molecule has 1 aromatic rings. The summed E-state index contributed by atoms with van der Waals surface area (Å²) in [7, 11) is -1.83. The fourth-order valence-corrected chi connectivity index (χ4v) is 2.96. The first-order chi connectivity index (χ1) is 9.51. The summed E-state index contributed by atoms with van der Waals surface area (Å²) in [6.07, 6.45) is 7.66. The van der Waals surface area contributed by atoms with Crippen molar-refractivity contribution in [2.45, 2.75) is 31.2 Å². The van der Waals surface area contributed by atoms with E-state index in [0.29, 0.717) is 6.04 Å². The summed E-state index contributed by atoms with van der Waals surface area (Å²) in [6.45, 7) is 0.945. The van der Waals surface area contributed by atoms with Gasteiger partial charge in [0, 0.05) is 19.6 Å². The van der Waals surface area contributed by atoms with Crippen molar-refractivity contribution < 1.29 is 8.42 Å². The maximum absolute atomic E-state index is 12.0. The van der Waals surface area contributed by atoms with Crippen molar-refractivity contribution in [1.29, 1.82) is 0 Å². The summed E-state index contributed by atoms with van der Waals surface area (Å²) in [5.74, 6) is 2.33. The van der Waals surface area contributed by atoms with E-state index in [1.165, 1.54) is 29.8 Å². The Morgan fingerprint density at radius 3 is 2.45 bits per heavy atom. The zero-order chi connectivity index (χ0) is 14.6. The van der Waals surface area contributed by atoms with Gasteiger partial charge >= 0.3 is 0 Å². The first-order valence-electron chi connectivity index (χ1n) is 6.70. The highest BCUT2D eigenvalue weighted by Gasteiger charge is 2.20. The highest BCUT2D eigenvalue weighted by Crippen LogP contribution is 2.19.